The number of halogens is 2. The summed E-state index contributed by atoms with van der Waals surface area (Å²) in [4.78, 5) is 12.4. The highest BCUT2D eigenvalue weighted by Gasteiger charge is 2.16. The summed E-state index contributed by atoms with van der Waals surface area (Å²) in [5.74, 6) is -0.467. The van der Waals surface area contributed by atoms with Gasteiger partial charge in [-0.15, -0.1) is 0 Å². The molecule has 0 saturated carbocycles. The maximum absolute atomic E-state index is 12.4. The maximum atomic E-state index is 12.4. The third-order valence-electron chi connectivity index (χ3n) is 4.34. The van der Waals surface area contributed by atoms with E-state index >= 15 is 0 Å². The van der Waals surface area contributed by atoms with Gasteiger partial charge in [0.1, 0.15) is 16.8 Å². The minimum Gasteiger partial charge on any atom is -0.347 e. The van der Waals surface area contributed by atoms with Gasteiger partial charge in [0.15, 0.2) is 0 Å². The van der Waals surface area contributed by atoms with Crippen molar-refractivity contribution in [2.45, 2.75) is 20.0 Å². The highest BCUT2D eigenvalue weighted by Crippen LogP contribution is 2.25. The normalized spacial score (nSPS) is 11.2. The zero-order chi connectivity index (χ0) is 20.8. The van der Waals surface area contributed by atoms with Crippen LogP contribution >= 0.6 is 23.2 Å². The second-order valence-electron chi connectivity index (χ2n) is 6.38. The molecule has 0 saturated heterocycles. The molecule has 0 radical (unpaired) electrons. The summed E-state index contributed by atoms with van der Waals surface area (Å²) in [5, 5.41) is 17.6. The number of aryl methyl sites for hydroxylation is 1. The Morgan fingerprint density at radius 1 is 1.17 bits per heavy atom. The van der Waals surface area contributed by atoms with Crippen LogP contribution in [0.5, 0.6) is 0 Å². The molecule has 3 rings (SSSR count). The number of hydrogen-bond donors (Lipinski definition) is 1. The Bertz CT molecular complexity index is 1100. The van der Waals surface area contributed by atoms with Gasteiger partial charge in [-0.1, -0.05) is 71.7 Å². The summed E-state index contributed by atoms with van der Waals surface area (Å²) in [6.07, 6.45) is 1.47. The van der Waals surface area contributed by atoms with E-state index in [2.05, 4.69) is 10.4 Å². The van der Waals surface area contributed by atoms with Gasteiger partial charge in [-0.05, 0) is 30.2 Å². The predicted molar refractivity (Wildman–Crippen MR) is 114 cm³/mol. The summed E-state index contributed by atoms with van der Waals surface area (Å²) in [5.41, 5.74) is 2.93. The molecule has 29 heavy (non-hydrogen) atoms. The van der Waals surface area contributed by atoms with Crippen LogP contribution in [0.4, 0.5) is 0 Å². The predicted octanol–water partition coefficient (Wildman–Crippen LogP) is 4.77. The fraction of sp³-hybridized carbons (Fsp3) is 0.136. The standard InChI is InChI=1S/C22H18Cl2N4O/c1-15-19(21(24)28(27-15)14-17-9-5-6-10-20(17)23)11-18(12-25)22(29)26-13-16-7-3-2-4-8-16/h2-11H,13-14H2,1H3,(H,26,29). The van der Waals surface area contributed by atoms with Gasteiger partial charge < -0.3 is 5.32 Å². The van der Waals surface area contributed by atoms with Gasteiger partial charge in [-0.3, -0.25) is 4.79 Å². The first-order chi connectivity index (χ1) is 14.0. The van der Waals surface area contributed by atoms with Crippen molar-refractivity contribution in [3.63, 3.8) is 0 Å². The molecule has 0 atom stereocenters. The van der Waals surface area contributed by atoms with E-state index in [9.17, 15) is 10.1 Å². The molecule has 0 aliphatic carbocycles. The minimum atomic E-state index is -0.467. The van der Waals surface area contributed by atoms with E-state index in [4.69, 9.17) is 23.2 Å². The molecule has 1 heterocycles. The second kappa shape index (κ2) is 9.42. The van der Waals surface area contributed by atoms with Gasteiger partial charge in [0.2, 0.25) is 0 Å². The number of hydrogen-bond acceptors (Lipinski definition) is 3. The highest BCUT2D eigenvalue weighted by atomic mass is 35.5. The lowest BCUT2D eigenvalue weighted by molar-refractivity contribution is -0.117. The van der Waals surface area contributed by atoms with Gasteiger partial charge in [0, 0.05) is 17.1 Å². The minimum absolute atomic E-state index is 0.0387. The number of aromatic nitrogens is 2. The van der Waals surface area contributed by atoms with Crippen molar-refractivity contribution in [2.75, 3.05) is 0 Å². The number of benzene rings is 2. The Hall–Kier alpha value is -3.07. The maximum Gasteiger partial charge on any atom is 0.262 e. The van der Waals surface area contributed by atoms with Crippen LogP contribution in [0.2, 0.25) is 10.2 Å². The first-order valence-corrected chi connectivity index (χ1v) is 9.65. The van der Waals surface area contributed by atoms with Gasteiger partial charge in [-0.25, -0.2) is 4.68 Å². The molecule has 5 nitrogen and oxygen atoms in total. The highest BCUT2D eigenvalue weighted by molar-refractivity contribution is 6.32. The molecule has 0 bridgehead atoms. The third kappa shape index (κ3) is 5.05. The first kappa shape index (κ1) is 20.7. The van der Waals surface area contributed by atoms with Crippen LogP contribution in [-0.2, 0) is 17.9 Å². The van der Waals surface area contributed by atoms with Crippen LogP contribution < -0.4 is 5.32 Å². The fourth-order valence-electron chi connectivity index (χ4n) is 2.79. The average Bonchev–Trinajstić information content (AvgIpc) is 2.99. The monoisotopic (exact) mass is 424 g/mol. The topological polar surface area (TPSA) is 70.7 Å². The Balaban J connectivity index is 1.80. The average molecular weight is 425 g/mol. The summed E-state index contributed by atoms with van der Waals surface area (Å²) >= 11 is 12.7. The van der Waals surface area contributed by atoms with Crippen LogP contribution in [0.3, 0.4) is 0 Å². The molecule has 0 unspecified atom stereocenters. The number of nitrogens with one attached hydrogen (secondary N) is 1. The van der Waals surface area contributed by atoms with Crippen molar-refractivity contribution in [1.82, 2.24) is 15.1 Å². The summed E-state index contributed by atoms with van der Waals surface area (Å²) < 4.78 is 1.60. The molecule has 7 heteroatoms. The van der Waals surface area contributed by atoms with Crippen molar-refractivity contribution in [2.24, 2.45) is 0 Å². The number of nitriles is 1. The Morgan fingerprint density at radius 2 is 1.86 bits per heavy atom. The van der Waals surface area contributed by atoms with Crippen molar-refractivity contribution in [3.05, 3.63) is 92.7 Å². The number of carbonyl (C=O) groups excluding carboxylic acids is 1. The smallest absolute Gasteiger partial charge is 0.262 e. The zero-order valence-electron chi connectivity index (χ0n) is 15.7. The lowest BCUT2D eigenvalue weighted by Gasteiger charge is -2.06. The van der Waals surface area contributed by atoms with Gasteiger partial charge in [-0.2, -0.15) is 10.4 Å². The number of carbonyl (C=O) groups is 1. The quantitative estimate of drug-likeness (QED) is 0.457. The van der Waals surface area contributed by atoms with Gasteiger partial charge >= 0.3 is 0 Å². The van der Waals surface area contributed by atoms with E-state index in [-0.39, 0.29) is 5.57 Å². The molecule has 0 fully saturated rings. The third-order valence-corrected chi connectivity index (χ3v) is 5.10. The van der Waals surface area contributed by atoms with E-state index < -0.39 is 5.91 Å². The number of nitrogens with zero attached hydrogens (tertiary/aromatic N) is 3. The molecule has 1 aromatic heterocycles. The Morgan fingerprint density at radius 3 is 2.55 bits per heavy atom. The van der Waals surface area contributed by atoms with Crippen LogP contribution in [-0.4, -0.2) is 15.7 Å². The van der Waals surface area contributed by atoms with E-state index in [0.717, 1.165) is 11.1 Å². The molecule has 146 valence electrons. The number of rotatable bonds is 6. The molecule has 0 aliphatic heterocycles. The molecule has 3 aromatic rings. The Labute approximate surface area is 179 Å². The second-order valence-corrected chi connectivity index (χ2v) is 7.14. The van der Waals surface area contributed by atoms with Crippen LogP contribution in [0.25, 0.3) is 6.08 Å². The molecule has 0 aliphatic rings. The Kier molecular flexibility index (Phi) is 6.71. The molecule has 1 amide bonds. The molecule has 1 N–H and O–H groups in total. The summed E-state index contributed by atoms with van der Waals surface area (Å²) in [6.45, 7) is 2.49. The SMILES string of the molecule is Cc1nn(Cc2ccccc2Cl)c(Cl)c1C=C(C#N)C(=O)NCc1ccccc1. The first-order valence-electron chi connectivity index (χ1n) is 8.90. The molecular weight excluding hydrogens is 407 g/mol. The van der Waals surface area contributed by atoms with Crippen molar-refractivity contribution in [1.29, 1.82) is 5.26 Å². The fourth-order valence-corrected chi connectivity index (χ4v) is 3.27. The summed E-state index contributed by atoms with van der Waals surface area (Å²) in [6, 6.07) is 18.8. The van der Waals surface area contributed by atoms with E-state index in [1.807, 2.05) is 54.6 Å². The van der Waals surface area contributed by atoms with Crippen LogP contribution in [0.15, 0.2) is 60.2 Å². The largest absolute Gasteiger partial charge is 0.347 e. The van der Waals surface area contributed by atoms with Crippen LogP contribution in [0.1, 0.15) is 22.4 Å². The van der Waals surface area contributed by atoms with Gasteiger partial charge in [0.05, 0.1) is 12.2 Å². The van der Waals surface area contributed by atoms with E-state index in [1.165, 1.54) is 6.08 Å². The zero-order valence-corrected chi connectivity index (χ0v) is 17.2. The van der Waals surface area contributed by atoms with Crippen molar-refractivity contribution < 1.29 is 4.79 Å². The molecular formula is C22H18Cl2N4O. The van der Waals surface area contributed by atoms with E-state index in [1.54, 1.807) is 17.7 Å². The van der Waals surface area contributed by atoms with Crippen molar-refractivity contribution >= 4 is 35.2 Å². The molecule has 0 spiro atoms. The molecule has 2 aromatic carbocycles. The van der Waals surface area contributed by atoms with Crippen molar-refractivity contribution in [3.8, 4) is 6.07 Å². The number of amides is 1. The lowest BCUT2D eigenvalue weighted by atomic mass is 10.1. The lowest BCUT2D eigenvalue weighted by Crippen LogP contribution is -2.23. The summed E-state index contributed by atoms with van der Waals surface area (Å²) in [7, 11) is 0. The van der Waals surface area contributed by atoms with E-state index in [0.29, 0.717) is 34.5 Å². The van der Waals surface area contributed by atoms with Crippen LogP contribution in [0, 0.1) is 18.3 Å². The van der Waals surface area contributed by atoms with Gasteiger partial charge in [0.25, 0.3) is 5.91 Å².